The molecule has 0 aliphatic carbocycles. The Hall–Kier alpha value is -1.17. The highest BCUT2D eigenvalue weighted by Crippen LogP contribution is 2.16. The molecule has 0 bridgehead atoms. The summed E-state index contributed by atoms with van der Waals surface area (Å²) in [6.07, 6.45) is 53.3. The van der Waals surface area contributed by atoms with Gasteiger partial charge < -0.3 is 20.6 Å². The van der Waals surface area contributed by atoms with Crippen molar-refractivity contribution in [2.24, 2.45) is 0 Å². The van der Waals surface area contributed by atoms with E-state index in [9.17, 15) is 20.1 Å². The number of carbonyl (C=O) groups is 1. The summed E-state index contributed by atoms with van der Waals surface area (Å²) in [5, 5.41) is 33.3. The Morgan fingerprint density at radius 3 is 1.15 bits per heavy atom. The first-order chi connectivity index (χ1) is 26.0. The lowest BCUT2D eigenvalue weighted by Crippen LogP contribution is -2.45. The normalized spacial score (nSPS) is 13.7. The fraction of sp³-hybridized carbons (Fsp3) is 0.896. The Morgan fingerprint density at radius 2 is 0.792 bits per heavy atom. The van der Waals surface area contributed by atoms with E-state index in [0.717, 1.165) is 25.7 Å². The third kappa shape index (κ3) is 40.3. The quantitative estimate of drug-likeness (QED) is 0.0369. The minimum atomic E-state index is -0.928. The second-order valence-electron chi connectivity index (χ2n) is 16.4. The maximum Gasteiger partial charge on any atom is 0.222 e. The zero-order chi connectivity index (χ0) is 38.7. The third-order valence-corrected chi connectivity index (χ3v) is 11.0. The van der Waals surface area contributed by atoms with Gasteiger partial charge in [-0.2, -0.15) is 0 Å². The van der Waals surface area contributed by atoms with Crippen LogP contribution in [0.25, 0.3) is 0 Å². The molecule has 0 aromatic carbocycles. The van der Waals surface area contributed by atoms with Crippen molar-refractivity contribution < 1.29 is 20.1 Å². The molecule has 0 aliphatic rings. The van der Waals surface area contributed by atoms with Crippen LogP contribution in [-0.2, 0) is 4.79 Å². The number of nitrogens with one attached hydrogen (secondary N) is 1. The van der Waals surface area contributed by atoms with Gasteiger partial charge in [0.1, 0.15) is 0 Å². The maximum atomic E-state index is 12.5. The molecule has 0 aromatic rings. The molecule has 5 nitrogen and oxygen atoms in total. The van der Waals surface area contributed by atoms with Gasteiger partial charge in [-0.25, -0.2) is 0 Å². The highest BCUT2D eigenvalue weighted by atomic mass is 16.3. The molecule has 0 saturated heterocycles. The molecule has 1 amide bonds. The molecule has 0 aliphatic heterocycles. The van der Waals surface area contributed by atoms with Crippen molar-refractivity contribution in [2.45, 2.75) is 270 Å². The summed E-state index contributed by atoms with van der Waals surface area (Å²) in [6, 6.07) is -0.744. The number of aliphatic hydroxyl groups is 3. The zero-order valence-electron chi connectivity index (χ0n) is 35.7. The van der Waals surface area contributed by atoms with Gasteiger partial charge in [0.2, 0.25) is 5.91 Å². The van der Waals surface area contributed by atoms with Crippen LogP contribution < -0.4 is 5.32 Å². The molecule has 0 aromatic heterocycles. The van der Waals surface area contributed by atoms with Crippen LogP contribution in [0, 0.1) is 0 Å². The van der Waals surface area contributed by atoms with Crippen LogP contribution in [-0.4, -0.2) is 46.1 Å². The van der Waals surface area contributed by atoms with Gasteiger partial charge in [0.05, 0.1) is 31.3 Å². The Morgan fingerprint density at radius 1 is 0.472 bits per heavy atom. The molecule has 0 rings (SSSR count). The third-order valence-electron chi connectivity index (χ3n) is 11.0. The van der Waals surface area contributed by atoms with Crippen molar-refractivity contribution >= 4 is 5.91 Å². The Bertz CT molecular complexity index is 784. The lowest BCUT2D eigenvalue weighted by atomic mass is 10.0. The number of aliphatic hydroxyl groups excluding tert-OH is 3. The van der Waals surface area contributed by atoms with Crippen molar-refractivity contribution in [1.82, 2.24) is 5.32 Å². The highest BCUT2D eigenvalue weighted by Gasteiger charge is 2.20. The molecule has 4 N–H and O–H groups in total. The van der Waals surface area contributed by atoms with E-state index in [4.69, 9.17) is 0 Å². The largest absolute Gasteiger partial charge is 0.394 e. The molecule has 3 unspecified atom stereocenters. The molecule has 0 spiro atoms. The lowest BCUT2D eigenvalue weighted by molar-refractivity contribution is -0.124. The Balaban J connectivity index is 3.63. The first-order valence-corrected chi connectivity index (χ1v) is 23.6. The van der Waals surface area contributed by atoms with E-state index in [-0.39, 0.29) is 18.9 Å². The van der Waals surface area contributed by atoms with E-state index >= 15 is 0 Å². The second kappa shape index (κ2) is 43.6. The number of hydrogen-bond acceptors (Lipinski definition) is 4. The van der Waals surface area contributed by atoms with E-state index < -0.39 is 18.2 Å². The number of allylic oxidation sites excluding steroid dienone is 3. The summed E-state index contributed by atoms with van der Waals surface area (Å²) in [4.78, 5) is 12.5. The summed E-state index contributed by atoms with van der Waals surface area (Å²) >= 11 is 0. The number of rotatable bonds is 43. The van der Waals surface area contributed by atoms with Crippen LogP contribution in [0.5, 0.6) is 0 Å². The number of unbranched alkanes of at least 4 members (excludes halogenated alkanes) is 32. The predicted molar refractivity (Wildman–Crippen MR) is 231 cm³/mol. The number of carbonyl (C=O) groups excluding carboxylic acids is 1. The van der Waals surface area contributed by atoms with E-state index in [1.165, 1.54) is 199 Å². The molecule has 53 heavy (non-hydrogen) atoms. The molecule has 314 valence electrons. The molecule has 0 heterocycles. The first kappa shape index (κ1) is 51.8. The molecule has 0 fully saturated rings. The van der Waals surface area contributed by atoms with E-state index in [1.807, 2.05) is 6.08 Å². The van der Waals surface area contributed by atoms with Gasteiger partial charge in [-0.05, 0) is 44.9 Å². The Kier molecular flexibility index (Phi) is 42.6. The highest BCUT2D eigenvalue weighted by molar-refractivity contribution is 5.76. The Labute approximate surface area is 331 Å². The molecule has 5 heteroatoms. The van der Waals surface area contributed by atoms with Crippen LogP contribution in [0.4, 0.5) is 0 Å². The van der Waals surface area contributed by atoms with Crippen LogP contribution in [0.1, 0.15) is 251 Å². The van der Waals surface area contributed by atoms with Gasteiger partial charge in [0.25, 0.3) is 0 Å². The van der Waals surface area contributed by atoms with Gasteiger partial charge in [-0.1, -0.05) is 224 Å². The number of hydrogen-bond donors (Lipinski definition) is 4. The lowest BCUT2D eigenvalue weighted by Gasteiger charge is -2.21. The van der Waals surface area contributed by atoms with Gasteiger partial charge in [0.15, 0.2) is 0 Å². The van der Waals surface area contributed by atoms with Gasteiger partial charge in [-0.3, -0.25) is 4.79 Å². The summed E-state index contributed by atoms with van der Waals surface area (Å²) in [5.41, 5.74) is 0. The van der Waals surface area contributed by atoms with Gasteiger partial charge >= 0.3 is 0 Å². The fourth-order valence-electron chi connectivity index (χ4n) is 7.34. The topological polar surface area (TPSA) is 89.8 Å². The van der Waals surface area contributed by atoms with Crippen molar-refractivity contribution in [3.8, 4) is 0 Å². The summed E-state index contributed by atoms with van der Waals surface area (Å²) < 4.78 is 0. The molecular formula is C48H93NO4. The van der Waals surface area contributed by atoms with Crippen LogP contribution in [0.2, 0.25) is 0 Å². The molecule has 0 radical (unpaired) electrons. The van der Waals surface area contributed by atoms with E-state index in [1.54, 1.807) is 6.08 Å². The molecule has 3 atom stereocenters. The average molecular weight is 748 g/mol. The summed E-state index contributed by atoms with van der Waals surface area (Å²) in [7, 11) is 0. The van der Waals surface area contributed by atoms with Crippen LogP contribution in [0.3, 0.4) is 0 Å². The summed E-state index contributed by atoms with van der Waals surface area (Å²) in [5.74, 6) is -0.317. The van der Waals surface area contributed by atoms with Crippen molar-refractivity contribution in [1.29, 1.82) is 0 Å². The maximum absolute atomic E-state index is 12.5. The van der Waals surface area contributed by atoms with Crippen molar-refractivity contribution in [2.75, 3.05) is 6.61 Å². The van der Waals surface area contributed by atoms with Gasteiger partial charge in [0, 0.05) is 0 Å². The minimum absolute atomic E-state index is 0.0115. The predicted octanol–water partition coefficient (Wildman–Crippen LogP) is 13.8. The smallest absolute Gasteiger partial charge is 0.222 e. The standard InChI is InChI=1S/C48H93NO4/c1-3-5-7-9-11-13-15-17-19-21-22-23-24-25-26-27-29-31-33-35-37-39-41-45(51)43-48(53)49-46(44-50)47(52)42-40-38-36-34-32-30-28-20-18-16-14-12-10-8-6-4-2/h25-26,40,42,45-47,50-52H,3-24,27-39,41,43-44H2,1-2H3,(H,49,53)/b26-25-,42-40+. The molecular weight excluding hydrogens is 655 g/mol. The minimum Gasteiger partial charge on any atom is -0.394 e. The van der Waals surface area contributed by atoms with Crippen LogP contribution in [0.15, 0.2) is 24.3 Å². The van der Waals surface area contributed by atoms with E-state index in [2.05, 4.69) is 31.3 Å². The zero-order valence-corrected chi connectivity index (χ0v) is 35.7. The first-order valence-electron chi connectivity index (χ1n) is 23.6. The van der Waals surface area contributed by atoms with E-state index in [0.29, 0.717) is 6.42 Å². The van der Waals surface area contributed by atoms with Crippen LogP contribution >= 0.6 is 0 Å². The SMILES string of the molecule is CCCCCCCCCCCCCC/C=C\CCCCCCCCC(O)CC(=O)NC(CO)C(O)/C=C/CCCCCCCCCCCCCCCC. The summed E-state index contributed by atoms with van der Waals surface area (Å²) in [6.45, 7) is 4.23. The fourth-order valence-corrected chi connectivity index (χ4v) is 7.34. The second-order valence-corrected chi connectivity index (χ2v) is 16.4. The average Bonchev–Trinajstić information content (AvgIpc) is 3.15. The monoisotopic (exact) mass is 748 g/mol. The van der Waals surface area contributed by atoms with Gasteiger partial charge in [-0.15, -0.1) is 0 Å². The van der Waals surface area contributed by atoms with Crippen molar-refractivity contribution in [3.05, 3.63) is 24.3 Å². The molecule has 0 saturated carbocycles. The van der Waals surface area contributed by atoms with Crippen molar-refractivity contribution in [3.63, 3.8) is 0 Å². The number of amides is 1.